The molecule has 0 saturated carbocycles. The Bertz CT molecular complexity index is 433. The van der Waals surface area contributed by atoms with E-state index in [0.29, 0.717) is 6.04 Å². The summed E-state index contributed by atoms with van der Waals surface area (Å²) in [6.07, 6.45) is 7.45. The number of hydrogen-bond donors (Lipinski definition) is 1. The van der Waals surface area contributed by atoms with Crippen molar-refractivity contribution in [1.82, 2.24) is 20.1 Å². The molecule has 2 heterocycles. The Morgan fingerprint density at radius 3 is 2.75 bits per heavy atom. The van der Waals surface area contributed by atoms with Crippen LogP contribution in [-0.2, 0) is 6.54 Å². The maximum atomic E-state index is 4.31. The van der Waals surface area contributed by atoms with Gasteiger partial charge >= 0.3 is 0 Å². The fourth-order valence-electron chi connectivity index (χ4n) is 1.41. The quantitative estimate of drug-likeness (QED) is 0.847. The van der Waals surface area contributed by atoms with E-state index >= 15 is 0 Å². The molecule has 0 bridgehead atoms. The molecule has 0 atom stereocenters. The van der Waals surface area contributed by atoms with Gasteiger partial charge in [0, 0.05) is 36.7 Å². The SMILES string of the molecule is CC(C)NCc1cnn(-c2ccncc2)c1. The van der Waals surface area contributed by atoms with E-state index in [2.05, 4.69) is 29.2 Å². The van der Waals surface area contributed by atoms with E-state index in [4.69, 9.17) is 0 Å². The third-order valence-corrected chi connectivity index (χ3v) is 2.28. The minimum Gasteiger partial charge on any atom is -0.310 e. The van der Waals surface area contributed by atoms with Crippen LogP contribution < -0.4 is 5.32 Å². The van der Waals surface area contributed by atoms with Gasteiger partial charge in [-0.25, -0.2) is 4.68 Å². The molecule has 4 heteroatoms. The normalized spacial score (nSPS) is 10.9. The molecule has 0 spiro atoms. The fraction of sp³-hybridized carbons (Fsp3) is 0.333. The van der Waals surface area contributed by atoms with Crippen molar-refractivity contribution in [1.29, 1.82) is 0 Å². The summed E-state index contributed by atoms with van der Waals surface area (Å²) < 4.78 is 1.86. The Balaban J connectivity index is 2.08. The number of pyridine rings is 1. The van der Waals surface area contributed by atoms with Gasteiger partial charge in [-0.2, -0.15) is 5.10 Å². The molecule has 1 N–H and O–H groups in total. The van der Waals surface area contributed by atoms with Crippen LogP contribution in [0.25, 0.3) is 5.69 Å². The largest absolute Gasteiger partial charge is 0.310 e. The van der Waals surface area contributed by atoms with Gasteiger partial charge in [0.15, 0.2) is 0 Å². The number of hydrogen-bond acceptors (Lipinski definition) is 3. The van der Waals surface area contributed by atoms with Crippen LogP contribution >= 0.6 is 0 Å². The topological polar surface area (TPSA) is 42.7 Å². The molecule has 0 saturated heterocycles. The summed E-state index contributed by atoms with van der Waals surface area (Å²) in [4.78, 5) is 3.98. The molecule has 2 rings (SSSR count). The Labute approximate surface area is 95.3 Å². The highest BCUT2D eigenvalue weighted by atomic mass is 15.3. The first-order valence-electron chi connectivity index (χ1n) is 5.43. The summed E-state index contributed by atoms with van der Waals surface area (Å²) >= 11 is 0. The molecule has 0 amide bonds. The number of aromatic nitrogens is 3. The molecule has 0 aliphatic carbocycles. The van der Waals surface area contributed by atoms with Crippen LogP contribution in [0.4, 0.5) is 0 Å². The first kappa shape index (κ1) is 10.8. The smallest absolute Gasteiger partial charge is 0.0676 e. The average molecular weight is 216 g/mol. The molecule has 0 radical (unpaired) electrons. The molecule has 0 aliphatic rings. The molecule has 0 aromatic carbocycles. The van der Waals surface area contributed by atoms with Gasteiger partial charge in [-0.1, -0.05) is 13.8 Å². The third kappa shape index (κ3) is 2.67. The molecule has 16 heavy (non-hydrogen) atoms. The summed E-state index contributed by atoms with van der Waals surface area (Å²) in [6, 6.07) is 4.36. The summed E-state index contributed by atoms with van der Waals surface area (Å²) in [5.41, 5.74) is 2.22. The van der Waals surface area contributed by atoms with Crippen molar-refractivity contribution in [3.8, 4) is 5.69 Å². The highest BCUT2D eigenvalue weighted by molar-refractivity contribution is 5.28. The van der Waals surface area contributed by atoms with Crippen LogP contribution in [0, 0.1) is 0 Å². The van der Waals surface area contributed by atoms with Gasteiger partial charge < -0.3 is 5.32 Å². The van der Waals surface area contributed by atoms with E-state index in [0.717, 1.165) is 12.2 Å². The van der Waals surface area contributed by atoms with Crippen LogP contribution in [0.2, 0.25) is 0 Å². The van der Waals surface area contributed by atoms with E-state index in [1.165, 1.54) is 5.56 Å². The van der Waals surface area contributed by atoms with E-state index < -0.39 is 0 Å². The Morgan fingerprint density at radius 2 is 2.06 bits per heavy atom. The monoisotopic (exact) mass is 216 g/mol. The minimum atomic E-state index is 0.490. The molecule has 84 valence electrons. The summed E-state index contributed by atoms with van der Waals surface area (Å²) in [7, 11) is 0. The van der Waals surface area contributed by atoms with Crippen LogP contribution in [0.1, 0.15) is 19.4 Å². The lowest BCUT2D eigenvalue weighted by atomic mass is 10.3. The van der Waals surface area contributed by atoms with E-state index in [-0.39, 0.29) is 0 Å². The van der Waals surface area contributed by atoms with Crippen LogP contribution in [0.5, 0.6) is 0 Å². The summed E-state index contributed by atoms with van der Waals surface area (Å²) in [6.45, 7) is 5.11. The van der Waals surface area contributed by atoms with Gasteiger partial charge in [0.05, 0.1) is 11.9 Å². The van der Waals surface area contributed by atoms with Crippen LogP contribution in [-0.4, -0.2) is 20.8 Å². The van der Waals surface area contributed by atoms with Crippen LogP contribution in [0.3, 0.4) is 0 Å². The second kappa shape index (κ2) is 4.90. The summed E-state index contributed by atoms with van der Waals surface area (Å²) in [5, 5.41) is 7.67. The Kier molecular flexibility index (Phi) is 3.31. The molecule has 0 aliphatic heterocycles. The molecular weight excluding hydrogens is 200 g/mol. The van der Waals surface area contributed by atoms with E-state index in [9.17, 15) is 0 Å². The van der Waals surface area contributed by atoms with Gasteiger partial charge in [0.1, 0.15) is 0 Å². The van der Waals surface area contributed by atoms with Gasteiger partial charge in [0.2, 0.25) is 0 Å². The van der Waals surface area contributed by atoms with Gasteiger partial charge in [-0.15, -0.1) is 0 Å². The Morgan fingerprint density at radius 1 is 1.31 bits per heavy atom. The van der Waals surface area contributed by atoms with E-state index in [1.807, 2.05) is 29.2 Å². The van der Waals surface area contributed by atoms with Crippen molar-refractivity contribution in [2.75, 3.05) is 0 Å². The highest BCUT2D eigenvalue weighted by Gasteiger charge is 2.01. The molecular formula is C12H16N4. The van der Waals surface area contributed by atoms with Crippen molar-refractivity contribution in [2.24, 2.45) is 0 Å². The number of nitrogens with zero attached hydrogens (tertiary/aromatic N) is 3. The van der Waals surface area contributed by atoms with Crippen molar-refractivity contribution in [2.45, 2.75) is 26.4 Å². The second-order valence-electron chi connectivity index (χ2n) is 4.03. The minimum absolute atomic E-state index is 0.490. The zero-order chi connectivity index (χ0) is 11.4. The highest BCUT2D eigenvalue weighted by Crippen LogP contribution is 2.06. The van der Waals surface area contributed by atoms with Crippen LogP contribution in [0.15, 0.2) is 36.9 Å². The van der Waals surface area contributed by atoms with Gasteiger partial charge in [-0.05, 0) is 12.1 Å². The number of rotatable bonds is 4. The van der Waals surface area contributed by atoms with Crippen molar-refractivity contribution >= 4 is 0 Å². The lowest BCUT2D eigenvalue weighted by Gasteiger charge is -2.05. The maximum absolute atomic E-state index is 4.31. The predicted octanol–water partition coefficient (Wildman–Crippen LogP) is 1.77. The molecule has 2 aromatic heterocycles. The molecule has 4 nitrogen and oxygen atoms in total. The molecule has 0 fully saturated rings. The average Bonchev–Trinajstić information content (AvgIpc) is 2.76. The third-order valence-electron chi connectivity index (χ3n) is 2.28. The standard InChI is InChI=1S/C12H16N4/c1-10(2)14-7-11-8-15-16(9-11)12-3-5-13-6-4-12/h3-6,8-10,14H,7H2,1-2H3. The lowest BCUT2D eigenvalue weighted by Crippen LogP contribution is -2.21. The van der Waals surface area contributed by atoms with Crippen molar-refractivity contribution in [3.05, 3.63) is 42.5 Å². The zero-order valence-corrected chi connectivity index (χ0v) is 9.59. The van der Waals surface area contributed by atoms with Crippen molar-refractivity contribution < 1.29 is 0 Å². The first-order valence-corrected chi connectivity index (χ1v) is 5.43. The summed E-state index contributed by atoms with van der Waals surface area (Å²) in [5.74, 6) is 0. The Hall–Kier alpha value is -1.68. The molecule has 2 aromatic rings. The van der Waals surface area contributed by atoms with Gasteiger partial charge in [0.25, 0.3) is 0 Å². The predicted molar refractivity (Wildman–Crippen MR) is 63.3 cm³/mol. The number of nitrogens with one attached hydrogen (secondary N) is 1. The fourth-order valence-corrected chi connectivity index (χ4v) is 1.41. The lowest BCUT2D eigenvalue weighted by molar-refractivity contribution is 0.589. The maximum Gasteiger partial charge on any atom is 0.0676 e. The second-order valence-corrected chi connectivity index (χ2v) is 4.03. The molecule has 0 unspecified atom stereocenters. The van der Waals surface area contributed by atoms with E-state index in [1.54, 1.807) is 12.4 Å². The first-order chi connectivity index (χ1) is 7.75. The van der Waals surface area contributed by atoms with Gasteiger partial charge in [-0.3, -0.25) is 4.98 Å². The zero-order valence-electron chi connectivity index (χ0n) is 9.59. The van der Waals surface area contributed by atoms with Crippen molar-refractivity contribution in [3.63, 3.8) is 0 Å².